The summed E-state index contributed by atoms with van der Waals surface area (Å²) in [6, 6.07) is 8.71. The minimum atomic E-state index is -0.510. The Labute approximate surface area is 122 Å². The molecule has 0 saturated carbocycles. The molecule has 0 amide bonds. The highest BCUT2D eigenvalue weighted by Crippen LogP contribution is 2.26. The van der Waals surface area contributed by atoms with Crippen molar-refractivity contribution in [3.05, 3.63) is 41.6 Å². The summed E-state index contributed by atoms with van der Waals surface area (Å²) in [6.45, 7) is 1.94. The van der Waals surface area contributed by atoms with Crippen molar-refractivity contribution >= 4 is 23.2 Å². The Morgan fingerprint density at radius 1 is 1.24 bits per heavy atom. The molecule has 6 heteroatoms. The summed E-state index contributed by atoms with van der Waals surface area (Å²) in [5, 5.41) is 3.11. The number of hydrogen-bond donors (Lipinski definition) is 2. The zero-order valence-corrected chi connectivity index (χ0v) is 12.1. The average molecular weight is 287 g/mol. The predicted octanol–water partition coefficient (Wildman–Crippen LogP) is 2.51. The van der Waals surface area contributed by atoms with Gasteiger partial charge < -0.3 is 20.5 Å². The summed E-state index contributed by atoms with van der Waals surface area (Å²) in [4.78, 5) is 15.7. The molecule has 1 aromatic carbocycles. The van der Waals surface area contributed by atoms with Gasteiger partial charge in [0, 0.05) is 5.69 Å². The van der Waals surface area contributed by atoms with Crippen molar-refractivity contribution in [2.75, 3.05) is 25.3 Å². The lowest BCUT2D eigenvalue weighted by molar-refractivity contribution is 0.0594. The number of nitrogen functional groups attached to an aromatic ring is 1. The number of pyridine rings is 1. The van der Waals surface area contributed by atoms with E-state index in [1.165, 1.54) is 13.2 Å². The van der Waals surface area contributed by atoms with Crippen molar-refractivity contribution in [3.63, 3.8) is 0 Å². The molecule has 0 aliphatic carbocycles. The number of carbonyl (C=O) groups excluding carboxylic acids is 1. The van der Waals surface area contributed by atoms with Crippen molar-refractivity contribution in [2.45, 2.75) is 6.92 Å². The summed E-state index contributed by atoms with van der Waals surface area (Å²) in [7, 11) is 2.92. The lowest BCUT2D eigenvalue weighted by Crippen LogP contribution is -2.08. The molecular weight excluding hydrogens is 270 g/mol. The quantitative estimate of drug-likeness (QED) is 0.840. The van der Waals surface area contributed by atoms with Crippen molar-refractivity contribution in [2.24, 2.45) is 0 Å². The second-order valence-electron chi connectivity index (χ2n) is 4.43. The standard InChI is InChI=1S/C15H17N3O3/c1-9-8-10(20-2)4-6-12(9)17-14-11(16)5-7-13(18-14)15(19)21-3/h4-8H,16H2,1-3H3,(H,17,18). The zero-order valence-electron chi connectivity index (χ0n) is 12.1. The number of nitrogens with one attached hydrogen (secondary N) is 1. The summed E-state index contributed by atoms with van der Waals surface area (Å²) in [6.07, 6.45) is 0. The Morgan fingerprint density at radius 2 is 2.00 bits per heavy atom. The minimum absolute atomic E-state index is 0.195. The Hall–Kier alpha value is -2.76. The van der Waals surface area contributed by atoms with E-state index in [0.717, 1.165) is 17.0 Å². The van der Waals surface area contributed by atoms with Crippen molar-refractivity contribution in [3.8, 4) is 5.75 Å². The molecule has 3 N–H and O–H groups in total. The number of esters is 1. The van der Waals surface area contributed by atoms with Crippen LogP contribution in [0.15, 0.2) is 30.3 Å². The monoisotopic (exact) mass is 287 g/mol. The van der Waals surface area contributed by atoms with Gasteiger partial charge in [-0.15, -0.1) is 0 Å². The fourth-order valence-electron chi connectivity index (χ4n) is 1.82. The second kappa shape index (κ2) is 6.13. The molecule has 2 rings (SSSR count). The number of nitrogens with two attached hydrogens (primary N) is 1. The molecule has 0 saturated heterocycles. The number of nitrogens with zero attached hydrogens (tertiary/aromatic N) is 1. The Balaban J connectivity index is 2.32. The van der Waals surface area contributed by atoms with Crippen LogP contribution in [0.1, 0.15) is 16.1 Å². The highest BCUT2D eigenvalue weighted by Gasteiger charge is 2.11. The summed E-state index contributed by atoms with van der Waals surface area (Å²) in [5.74, 6) is 0.665. The van der Waals surface area contributed by atoms with E-state index in [-0.39, 0.29) is 5.69 Å². The minimum Gasteiger partial charge on any atom is -0.497 e. The van der Waals surface area contributed by atoms with Crippen molar-refractivity contribution in [1.82, 2.24) is 4.98 Å². The maximum Gasteiger partial charge on any atom is 0.356 e. The van der Waals surface area contributed by atoms with Crippen LogP contribution in [0.5, 0.6) is 5.75 Å². The molecule has 6 nitrogen and oxygen atoms in total. The van der Waals surface area contributed by atoms with Gasteiger partial charge in [0.25, 0.3) is 0 Å². The van der Waals surface area contributed by atoms with E-state index in [2.05, 4.69) is 15.0 Å². The van der Waals surface area contributed by atoms with Gasteiger partial charge in [-0.2, -0.15) is 0 Å². The molecule has 1 heterocycles. The summed E-state index contributed by atoms with van der Waals surface area (Å²) < 4.78 is 9.81. The number of ether oxygens (including phenoxy) is 2. The highest BCUT2D eigenvalue weighted by atomic mass is 16.5. The molecule has 0 aliphatic heterocycles. The lowest BCUT2D eigenvalue weighted by Gasteiger charge is -2.12. The van der Waals surface area contributed by atoms with Gasteiger partial charge in [0.05, 0.1) is 19.9 Å². The van der Waals surface area contributed by atoms with E-state index >= 15 is 0 Å². The third-order valence-corrected chi connectivity index (χ3v) is 3.01. The molecule has 21 heavy (non-hydrogen) atoms. The van der Waals surface area contributed by atoms with E-state index in [4.69, 9.17) is 10.5 Å². The molecule has 0 aliphatic rings. The van der Waals surface area contributed by atoms with Gasteiger partial charge >= 0.3 is 5.97 Å². The highest BCUT2D eigenvalue weighted by molar-refractivity contribution is 5.89. The van der Waals surface area contributed by atoms with Gasteiger partial charge in [0.2, 0.25) is 0 Å². The molecular formula is C15H17N3O3. The van der Waals surface area contributed by atoms with Gasteiger partial charge in [-0.3, -0.25) is 0 Å². The van der Waals surface area contributed by atoms with Crippen LogP contribution in [0, 0.1) is 6.92 Å². The topological polar surface area (TPSA) is 86.5 Å². The Morgan fingerprint density at radius 3 is 2.62 bits per heavy atom. The largest absolute Gasteiger partial charge is 0.497 e. The molecule has 0 unspecified atom stereocenters. The van der Waals surface area contributed by atoms with Crippen LogP contribution in [0.25, 0.3) is 0 Å². The number of methoxy groups -OCH3 is 2. The normalized spacial score (nSPS) is 10.0. The number of carbonyl (C=O) groups is 1. The number of aryl methyl sites for hydroxylation is 1. The number of aromatic nitrogens is 1. The predicted molar refractivity (Wildman–Crippen MR) is 81.0 cm³/mol. The SMILES string of the molecule is COC(=O)c1ccc(N)c(Nc2ccc(OC)cc2C)n1. The molecule has 0 spiro atoms. The molecule has 0 atom stereocenters. The maximum absolute atomic E-state index is 11.5. The van der Waals surface area contributed by atoms with Crippen LogP contribution in [-0.2, 0) is 4.74 Å². The van der Waals surface area contributed by atoms with Crippen LogP contribution in [-0.4, -0.2) is 25.2 Å². The first kappa shape index (κ1) is 14.6. The molecule has 2 aromatic rings. The first-order valence-corrected chi connectivity index (χ1v) is 6.31. The Kier molecular flexibility index (Phi) is 4.27. The average Bonchev–Trinajstić information content (AvgIpc) is 2.50. The van der Waals surface area contributed by atoms with E-state index < -0.39 is 5.97 Å². The lowest BCUT2D eigenvalue weighted by atomic mass is 10.2. The third-order valence-electron chi connectivity index (χ3n) is 3.01. The second-order valence-corrected chi connectivity index (χ2v) is 4.43. The number of rotatable bonds is 4. The Bertz CT molecular complexity index is 671. The zero-order chi connectivity index (χ0) is 15.4. The van der Waals surface area contributed by atoms with Crippen LogP contribution in [0.2, 0.25) is 0 Å². The van der Waals surface area contributed by atoms with E-state index in [9.17, 15) is 4.79 Å². The van der Waals surface area contributed by atoms with Crippen molar-refractivity contribution < 1.29 is 14.3 Å². The van der Waals surface area contributed by atoms with Gasteiger partial charge in [0.15, 0.2) is 11.5 Å². The molecule has 110 valence electrons. The van der Waals surface area contributed by atoms with E-state index in [1.807, 2.05) is 25.1 Å². The maximum atomic E-state index is 11.5. The van der Waals surface area contributed by atoms with Gasteiger partial charge in [-0.25, -0.2) is 9.78 Å². The van der Waals surface area contributed by atoms with Crippen LogP contribution in [0.4, 0.5) is 17.2 Å². The van der Waals surface area contributed by atoms with Crippen LogP contribution in [0.3, 0.4) is 0 Å². The first-order valence-electron chi connectivity index (χ1n) is 6.31. The fourth-order valence-corrected chi connectivity index (χ4v) is 1.82. The fraction of sp³-hybridized carbons (Fsp3) is 0.200. The van der Waals surface area contributed by atoms with Gasteiger partial charge in [0.1, 0.15) is 5.75 Å². The molecule has 1 aromatic heterocycles. The first-order chi connectivity index (χ1) is 10.0. The molecule has 0 fully saturated rings. The smallest absolute Gasteiger partial charge is 0.356 e. The van der Waals surface area contributed by atoms with Crippen LogP contribution >= 0.6 is 0 Å². The van der Waals surface area contributed by atoms with Gasteiger partial charge in [-0.05, 0) is 42.8 Å². The van der Waals surface area contributed by atoms with E-state index in [1.54, 1.807) is 13.2 Å². The molecule has 0 radical (unpaired) electrons. The number of hydrogen-bond acceptors (Lipinski definition) is 6. The third kappa shape index (κ3) is 3.22. The number of benzene rings is 1. The van der Waals surface area contributed by atoms with Crippen LogP contribution < -0.4 is 15.8 Å². The number of anilines is 3. The summed E-state index contributed by atoms with van der Waals surface area (Å²) >= 11 is 0. The van der Waals surface area contributed by atoms with Gasteiger partial charge in [-0.1, -0.05) is 0 Å². The molecule has 0 bridgehead atoms. The van der Waals surface area contributed by atoms with E-state index in [0.29, 0.717) is 11.5 Å². The summed E-state index contributed by atoms with van der Waals surface area (Å²) in [5.41, 5.74) is 8.32. The van der Waals surface area contributed by atoms with Crippen molar-refractivity contribution in [1.29, 1.82) is 0 Å².